The lowest BCUT2D eigenvalue weighted by molar-refractivity contribution is -0.0444. The van der Waals surface area contributed by atoms with Gasteiger partial charge in [0.25, 0.3) is 5.91 Å². The number of carbonyl (C=O) groups excluding carboxylic acids is 1. The molecule has 0 spiro atoms. The Labute approximate surface area is 122 Å². The van der Waals surface area contributed by atoms with E-state index in [0.29, 0.717) is 18.7 Å². The summed E-state index contributed by atoms with van der Waals surface area (Å²) in [5.41, 5.74) is 0.470. The molecule has 0 aromatic carbocycles. The van der Waals surface area contributed by atoms with Crippen LogP contribution in [0.1, 0.15) is 30.6 Å². The number of hydrogen-bond acceptors (Lipinski definition) is 3. The maximum atomic E-state index is 12.5. The van der Waals surface area contributed by atoms with Crippen molar-refractivity contribution in [1.29, 1.82) is 0 Å². The summed E-state index contributed by atoms with van der Waals surface area (Å²) >= 11 is 11.7. The Balaban J connectivity index is 2.25. The molecule has 1 aliphatic rings. The minimum Gasteiger partial charge on any atom is -0.375 e. The van der Waals surface area contributed by atoms with Gasteiger partial charge in [0.2, 0.25) is 0 Å². The molecule has 0 aliphatic carbocycles. The van der Waals surface area contributed by atoms with Crippen LogP contribution in [0.25, 0.3) is 0 Å². The van der Waals surface area contributed by atoms with Crippen molar-refractivity contribution in [2.24, 2.45) is 0 Å². The van der Waals surface area contributed by atoms with Crippen LogP contribution in [0.3, 0.4) is 0 Å². The predicted octanol–water partition coefficient (Wildman–Crippen LogP) is 3.03. The highest BCUT2D eigenvalue weighted by Gasteiger charge is 2.30. The average molecular weight is 303 g/mol. The molecule has 0 radical (unpaired) electrons. The number of rotatable bonds is 2. The number of amides is 1. The van der Waals surface area contributed by atoms with E-state index in [1.807, 2.05) is 18.7 Å². The standard InChI is InChI=1S/C13H16Cl2N2O2/c1-3-10-7-19-8(2)6-17(10)13(18)9-4-11(14)16-12(15)5-9/h4-5,8,10H,3,6-7H2,1-2H3. The van der Waals surface area contributed by atoms with Crippen LogP contribution in [0.2, 0.25) is 10.3 Å². The number of hydrogen-bond donors (Lipinski definition) is 0. The Morgan fingerprint density at radius 2 is 2.11 bits per heavy atom. The molecule has 4 nitrogen and oxygen atoms in total. The summed E-state index contributed by atoms with van der Waals surface area (Å²) in [7, 11) is 0. The molecular weight excluding hydrogens is 287 g/mol. The minimum absolute atomic E-state index is 0.0412. The van der Waals surface area contributed by atoms with Gasteiger partial charge >= 0.3 is 0 Å². The highest BCUT2D eigenvalue weighted by atomic mass is 35.5. The number of aromatic nitrogens is 1. The summed E-state index contributed by atoms with van der Waals surface area (Å²) in [5, 5.41) is 0.454. The van der Waals surface area contributed by atoms with Gasteiger partial charge in [-0.3, -0.25) is 4.79 Å². The minimum atomic E-state index is -0.0757. The number of nitrogens with zero attached hydrogens (tertiary/aromatic N) is 2. The first-order valence-corrected chi connectivity index (χ1v) is 7.02. The van der Waals surface area contributed by atoms with Gasteiger partial charge in [-0.2, -0.15) is 0 Å². The molecule has 2 rings (SSSR count). The summed E-state index contributed by atoms with van der Waals surface area (Å²) in [4.78, 5) is 18.2. The largest absolute Gasteiger partial charge is 0.375 e. The highest BCUT2D eigenvalue weighted by Crippen LogP contribution is 2.21. The maximum absolute atomic E-state index is 12.5. The van der Waals surface area contributed by atoms with Crippen molar-refractivity contribution < 1.29 is 9.53 Å². The van der Waals surface area contributed by atoms with Crippen molar-refractivity contribution in [2.75, 3.05) is 13.2 Å². The Hall–Kier alpha value is -0.840. The molecule has 2 unspecified atom stereocenters. The van der Waals surface area contributed by atoms with Gasteiger partial charge in [0.15, 0.2) is 0 Å². The molecule has 1 aliphatic heterocycles. The molecule has 1 aromatic rings. The first kappa shape index (κ1) is 14.6. The third kappa shape index (κ3) is 3.38. The lowest BCUT2D eigenvalue weighted by atomic mass is 10.1. The Morgan fingerprint density at radius 3 is 2.68 bits per heavy atom. The van der Waals surface area contributed by atoms with Crippen molar-refractivity contribution in [3.63, 3.8) is 0 Å². The maximum Gasteiger partial charge on any atom is 0.254 e. The Kier molecular flexibility index (Phi) is 4.66. The van der Waals surface area contributed by atoms with E-state index in [1.54, 1.807) is 12.1 Å². The van der Waals surface area contributed by atoms with Gasteiger partial charge < -0.3 is 9.64 Å². The van der Waals surface area contributed by atoms with Gasteiger partial charge in [-0.1, -0.05) is 30.1 Å². The van der Waals surface area contributed by atoms with Crippen LogP contribution >= 0.6 is 23.2 Å². The lowest BCUT2D eigenvalue weighted by Crippen LogP contribution is -2.51. The van der Waals surface area contributed by atoms with Crippen LogP contribution in [0.15, 0.2) is 12.1 Å². The topological polar surface area (TPSA) is 42.4 Å². The molecule has 19 heavy (non-hydrogen) atoms. The summed E-state index contributed by atoms with van der Waals surface area (Å²) in [6, 6.07) is 3.18. The summed E-state index contributed by atoms with van der Waals surface area (Å²) < 4.78 is 5.59. The van der Waals surface area contributed by atoms with Crippen LogP contribution in [-0.2, 0) is 4.74 Å². The number of halogens is 2. The van der Waals surface area contributed by atoms with Gasteiger partial charge in [-0.05, 0) is 25.5 Å². The highest BCUT2D eigenvalue weighted by molar-refractivity contribution is 6.33. The van der Waals surface area contributed by atoms with E-state index in [4.69, 9.17) is 27.9 Å². The van der Waals surface area contributed by atoms with Gasteiger partial charge in [-0.15, -0.1) is 0 Å². The number of morpholine rings is 1. The van der Waals surface area contributed by atoms with Crippen LogP contribution < -0.4 is 0 Å². The van der Waals surface area contributed by atoms with Gasteiger partial charge in [-0.25, -0.2) is 4.98 Å². The summed E-state index contributed by atoms with van der Waals surface area (Å²) in [5.74, 6) is -0.0757. The van der Waals surface area contributed by atoms with E-state index in [2.05, 4.69) is 4.98 Å². The third-order valence-corrected chi connectivity index (χ3v) is 3.60. The molecule has 2 heterocycles. The van der Waals surface area contributed by atoms with Gasteiger partial charge in [0.1, 0.15) is 10.3 Å². The second-order valence-corrected chi connectivity index (χ2v) is 5.44. The van der Waals surface area contributed by atoms with Crippen LogP contribution in [-0.4, -0.2) is 41.1 Å². The molecule has 104 valence electrons. The normalized spacial score (nSPS) is 23.5. The quantitative estimate of drug-likeness (QED) is 0.789. The average Bonchev–Trinajstić information content (AvgIpc) is 2.36. The van der Waals surface area contributed by atoms with E-state index in [9.17, 15) is 4.79 Å². The van der Waals surface area contributed by atoms with Crippen molar-refractivity contribution in [2.45, 2.75) is 32.4 Å². The van der Waals surface area contributed by atoms with Crippen molar-refractivity contribution in [1.82, 2.24) is 9.88 Å². The van der Waals surface area contributed by atoms with Gasteiger partial charge in [0, 0.05) is 12.1 Å². The molecule has 1 amide bonds. The number of ether oxygens (including phenoxy) is 1. The molecule has 0 bridgehead atoms. The molecule has 6 heteroatoms. The first-order chi connectivity index (χ1) is 9.01. The molecule has 0 N–H and O–H groups in total. The third-order valence-electron chi connectivity index (χ3n) is 3.21. The van der Waals surface area contributed by atoms with E-state index >= 15 is 0 Å². The SMILES string of the molecule is CCC1COC(C)CN1C(=O)c1cc(Cl)nc(Cl)c1. The van der Waals surface area contributed by atoms with E-state index in [1.165, 1.54) is 0 Å². The Morgan fingerprint density at radius 1 is 1.47 bits per heavy atom. The van der Waals surface area contributed by atoms with Crippen LogP contribution in [0, 0.1) is 0 Å². The molecule has 2 atom stereocenters. The van der Waals surface area contributed by atoms with Crippen molar-refractivity contribution in [3.05, 3.63) is 28.0 Å². The van der Waals surface area contributed by atoms with Crippen molar-refractivity contribution >= 4 is 29.1 Å². The monoisotopic (exact) mass is 302 g/mol. The first-order valence-electron chi connectivity index (χ1n) is 6.27. The predicted molar refractivity (Wildman–Crippen MR) is 74.8 cm³/mol. The molecule has 1 saturated heterocycles. The van der Waals surface area contributed by atoms with Crippen LogP contribution in [0.4, 0.5) is 0 Å². The summed E-state index contributed by atoms with van der Waals surface area (Å²) in [6.07, 6.45) is 0.893. The fraction of sp³-hybridized carbons (Fsp3) is 0.538. The summed E-state index contributed by atoms with van der Waals surface area (Å²) in [6.45, 7) is 5.14. The molecule has 1 aromatic heterocycles. The number of carbonyl (C=O) groups is 1. The zero-order valence-electron chi connectivity index (χ0n) is 10.9. The fourth-order valence-electron chi connectivity index (χ4n) is 2.19. The molecule has 0 saturated carbocycles. The smallest absolute Gasteiger partial charge is 0.254 e. The van der Waals surface area contributed by atoms with Crippen molar-refractivity contribution in [3.8, 4) is 0 Å². The lowest BCUT2D eigenvalue weighted by Gasteiger charge is -2.38. The van der Waals surface area contributed by atoms with E-state index in [-0.39, 0.29) is 28.4 Å². The second-order valence-electron chi connectivity index (χ2n) is 4.66. The Bertz CT molecular complexity index is 461. The zero-order valence-corrected chi connectivity index (χ0v) is 12.4. The van der Waals surface area contributed by atoms with E-state index < -0.39 is 0 Å². The van der Waals surface area contributed by atoms with Crippen LogP contribution in [0.5, 0.6) is 0 Å². The van der Waals surface area contributed by atoms with E-state index in [0.717, 1.165) is 6.42 Å². The molecular formula is C13H16Cl2N2O2. The zero-order chi connectivity index (χ0) is 14.0. The molecule has 1 fully saturated rings. The van der Waals surface area contributed by atoms with Gasteiger partial charge in [0.05, 0.1) is 18.8 Å². The number of pyridine rings is 1. The second kappa shape index (κ2) is 6.07. The fourth-order valence-corrected chi connectivity index (χ4v) is 2.65.